The lowest BCUT2D eigenvalue weighted by molar-refractivity contribution is 0.626. The van der Waals surface area contributed by atoms with Crippen LogP contribution in [0.4, 0.5) is 0 Å². The van der Waals surface area contributed by atoms with Gasteiger partial charge in [0.2, 0.25) is 0 Å². The lowest BCUT2D eigenvalue weighted by Crippen LogP contribution is -2.02. The van der Waals surface area contributed by atoms with Gasteiger partial charge in [-0.1, -0.05) is 37.6 Å². The van der Waals surface area contributed by atoms with Crippen LogP contribution in [-0.4, -0.2) is 9.78 Å². The predicted octanol–water partition coefficient (Wildman–Crippen LogP) is 5.08. The number of hydrogen-bond donors (Lipinski definition) is 0. The minimum absolute atomic E-state index is 0.395. The molecule has 0 radical (unpaired) electrons. The molecule has 0 N–H and O–H groups in total. The van der Waals surface area contributed by atoms with Gasteiger partial charge in [-0.15, -0.1) is 11.6 Å². The molecule has 1 aromatic carbocycles. The SMILES string of the molecule is Cc1ccc(C)c(-n2nc(CC(C)C)c(CCl)c2Cl)c1. The molecular formula is C16H20Cl2N2. The molecule has 20 heavy (non-hydrogen) atoms. The van der Waals surface area contributed by atoms with Crippen LogP contribution < -0.4 is 0 Å². The Balaban J connectivity index is 2.57. The second-order valence-corrected chi connectivity index (χ2v) is 6.27. The molecule has 2 rings (SSSR count). The lowest BCUT2D eigenvalue weighted by Gasteiger charge is -2.08. The van der Waals surface area contributed by atoms with Gasteiger partial charge in [0.05, 0.1) is 17.3 Å². The number of nitrogens with zero attached hydrogens (tertiary/aromatic N) is 2. The Labute approximate surface area is 130 Å². The largest absolute Gasteiger partial charge is 0.221 e. The molecule has 0 atom stereocenters. The van der Waals surface area contributed by atoms with Crippen LogP contribution >= 0.6 is 23.2 Å². The number of hydrogen-bond acceptors (Lipinski definition) is 1. The van der Waals surface area contributed by atoms with Crippen molar-refractivity contribution in [1.82, 2.24) is 9.78 Å². The van der Waals surface area contributed by atoms with E-state index in [9.17, 15) is 0 Å². The van der Waals surface area contributed by atoms with Gasteiger partial charge in [-0.2, -0.15) is 5.10 Å². The first kappa shape index (κ1) is 15.4. The number of halogens is 2. The lowest BCUT2D eigenvalue weighted by atomic mass is 10.1. The maximum absolute atomic E-state index is 6.49. The van der Waals surface area contributed by atoms with E-state index >= 15 is 0 Å². The van der Waals surface area contributed by atoms with Crippen molar-refractivity contribution in [2.75, 3.05) is 0 Å². The molecule has 1 aromatic heterocycles. The minimum atomic E-state index is 0.395. The Kier molecular flexibility index (Phi) is 4.77. The zero-order valence-electron chi connectivity index (χ0n) is 12.4. The fourth-order valence-corrected chi connectivity index (χ4v) is 2.92. The highest BCUT2D eigenvalue weighted by Crippen LogP contribution is 2.28. The van der Waals surface area contributed by atoms with E-state index < -0.39 is 0 Å². The third-order valence-electron chi connectivity index (χ3n) is 3.33. The molecule has 0 aliphatic rings. The summed E-state index contributed by atoms with van der Waals surface area (Å²) in [5, 5.41) is 5.32. The smallest absolute Gasteiger partial charge is 0.137 e. The minimum Gasteiger partial charge on any atom is -0.221 e. The van der Waals surface area contributed by atoms with E-state index in [-0.39, 0.29) is 0 Å². The molecule has 0 saturated carbocycles. The van der Waals surface area contributed by atoms with Gasteiger partial charge in [0.25, 0.3) is 0 Å². The van der Waals surface area contributed by atoms with Gasteiger partial charge in [-0.05, 0) is 43.4 Å². The van der Waals surface area contributed by atoms with E-state index in [0.717, 1.165) is 28.9 Å². The van der Waals surface area contributed by atoms with Crippen molar-refractivity contribution in [3.63, 3.8) is 0 Å². The van der Waals surface area contributed by atoms with Crippen LogP contribution in [0.5, 0.6) is 0 Å². The van der Waals surface area contributed by atoms with Gasteiger partial charge in [-0.3, -0.25) is 0 Å². The highest BCUT2D eigenvalue weighted by Gasteiger charge is 2.18. The highest BCUT2D eigenvalue weighted by atomic mass is 35.5. The normalized spacial score (nSPS) is 11.3. The Morgan fingerprint density at radius 2 is 1.95 bits per heavy atom. The molecule has 0 amide bonds. The van der Waals surface area contributed by atoms with E-state index in [1.54, 1.807) is 0 Å². The van der Waals surface area contributed by atoms with Crippen molar-refractivity contribution < 1.29 is 0 Å². The average Bonchev–Trinajstić information content (AvgIpc) is 2.68. The Bertz CT molecular complexity index is 615. The van der Waals surface area contributed by atoms with E-state index in [1.165, 1.54) is 5.56 Å². The first-order valence-corrected chi connectivity index (χ1v) is 7.75. The summed E-state index contributed by atoms with van der Waals surface area (Å²) in [6.07, 6.45) is 0.889. The molecule has 0 bridgehead atoms. The second-order valence-electron chi connectivity index (χ2n) is 5.65. The van der Waals surface area contributed by atoms with Crippen LogP contribution in [-0.2, 0) is 12.3 Å². The average molecular weight is 311 g/mol. The Morgan fingerprint density at radius 1 is 1.25 bits per heavy atom. The summed E-state index contributed by atoms with van der Waals surface area (Å²) in [5.41, 5.74) is 5.31. The summed E-state index contributed by atoms with van der Waals surface area (Å²) in [6.45, 7) is 8.47. The van der Waals surface area contributed by atoms with Gasteiger partial charge in [-0.25, -0.2) is 4.68 Å². The molecule has 0 unspecified atom stereocenters. The van der Waals surface area contributed by atoms with Crippen molar-refractivity contribution in [1.29, 1.82) is 0 Å². The van der Waals surface area contributed by atoms with Gasteiger partial charge >= 0.3 is 0 Å². The van der Waals surface area contributed by atoms with E-state index in [2.05, 4.69) is 45.9 Å². The first-order chi connectivity index (χ1) is 9.43. The quantitative estimate of drug-likeness (QED) is 0.720. The van der Waals surface area contributed by atoms with Crippen LogP contribution in [0, 0.1) is 19.8 Å². The monoisotopic (exact) mass is 310 g/mol. The standard InChI is InChI=1S/C16H20Cl2N2/c1-10(2)7-14-13(9-17)16(18)20(19-14)15-8-11(3)5-6-12(15)4/h5-6,8,10H,7,9H2,1-4H3. The molecular weight excluding hydrogens is 291 g/mol. The first-order valence-electron chi connectivity index (χ1n) is 6.84. The number of alkyl halides is 1. The molecule has 2 nitrogen and oxygen atoms in total. The molecule has 4 heteroatoms. The Hall–Kier alpha value is -0.990. The summed E-state index contributed by atoms with van der Waals surface area (Å²) < 4.78 is 1.82. The van der Waals surface area contributed by atoms with Crippen LogP contribution in [0.2, 0.25) is 5.15 Å². The second kappa shape index (κ2) is 6.19. The van der Waals surface area contributed by atoms with Crippen molar-refractivity contribution in [3.05, 3.63) is 45.7 Å². The topological polar surface area (TPSA) is 17.8 Å². The van der Waals surface area contributed by atoms with Crippen molar-refractivity contribution in [2.45, 2.75) is 40.0 Å². The van der Waals surface area contributed by atoms with Crippen molar-refractivity contribution in [3.8, 4) is 5.69 Å². The summed E-state index contributed by atoms with van der Waals surface area (Å²) in [5.74, 6) is 0.918. The highest BCUT2D eigenvalue weighted by molar-refractivity contribution is 6.31. The van der Waals surface area contributed by atoms with Crippen LogP contribution in [0.3, 0.4) is 0 Å². The zero-order valence-corrected chi connectivity index (χ0v) is 13.9. The predicted molar refractivity (Wildman–Crippen MR) is 86.1 cm³/mol. The molecule has 0 aliphatic carbocycles. The maximum atomic E-state index is 6.49. The molecule has 0 fully saturated rings. The number of rotatable bonds is 4. The summed E-state index contributed by atoms with van der Waals surface area (Å²) in [4.78, 5) is 0. The number of aromatic nitrogens is 2. The van der Waals surface area contributed by atoms with E-state index in [0.29, 0.717) is 17.0 Å². The van der Waals surface area contributed by atoms with Crippen LogP contribution in [0.15, 0.2) is 18.2 Å². The molecule has 0 saturated heterocycles. The fourth-order valence-electron chi connectivity index (χ4n) is 2.26. The summed E-state index contributed by atoms with van der Waals surface area (Å²) in [7, 11) is 0. The molecule has 2 aromatic rings. The van der Waals surface area contributed by atoms with Gasteiger partial charge < -0.3 is 0 Å². The van der Waals surface area contributed by atoms with Gasteiger partial charge in [0.15, 0.2) is 0 Å². The fraction of sp³-hybridized carbons (Fsp3) is 0.438. The Morgan fingerprint density at radius 3 is 2.55 bits per heavy atom. The van der Waals surface area contributed by atoms with E-state index in [1.807, 2.05) is 4.68 Å². The third kappa shape index (κ3) is 3.02. The van der Waals surface area contributed by atoms with E-state index in [4.69, 9.17) is 28.3 Å². The number of aryl methyl sites for hydroxylation is 2. The summed E-state index contributed by atoms with van der Waals surface area (Å²) in [6, 6.07) is 6.28. The number of benzene rings is 1. The maximum Gasteiger partial charge on any atom is 0.137 e. The zero-order chi connectivity index (χ0) is 14.9. The van der Waals surface area contributed by atoms with Gasteiger partial charge in [0.1, 0.15) is 5.15 Å². The van der Waals surface area contributed by atoms with Gasteiger partial charge in [0, 0.05) is 5.56 Å². The van der Waals surface area contributed by atoms with Crippen molar-refractivity contribution >= 4 is 23.2 Å². The van der Waals surface area contributed by atoms with Crippen molar-refractivity contribution in [2.24, 2.45) is 5.92 Å². The van der Waals surface area contributed by atoms with Crippen LogP contribution in [0.25, 0.3) is 5.69 Å². The van der Waals surface area contributed by atoms with Crippen LogP contribution in [0.1, 0.15) is 36.2 Å². The molecule has 1 heterocycles. The molecule has 0 spiro atoms. The third-order valence-corrected chi connectivity index (χ3v) is 3.99. The molecule has 0 aliphatic heterocycles. The summed E-state index contributed by atoms with van der Waals surface area (Å²) >= 11 is 12.5. The molecule has 108 valence electrons.